The van der Waals surface area contributed by atoms with Gasteiger partial charge < -0.3 is 23.1 Å². The van der Waals surface area contributed by atoms with Crippen LogP contribution in [-0.4, -0.2) is 0 Å². The topological polar surface area (TPSA) is 45.9 Å². The fourth-order valence-corrected chi connectivity index (χ4v) is 17.2. The zero-order chi connectivity index (χ0) is 55.5. The maximum atomic E-state index is 7.34. The summed E-state index contributed by atoms with van der Waals surface area (Å²) in [5.74, 6) is 2.52. The number of furan rings is 3. The van der Waals surface area contributed by atoms with E-state index in [1.54, 1.807) is 0 Å². The lowest BCUT2D eigenvalue weighted by Crippen LogP contribution is -2.55. The van der Waals surface area contributed by atoms with Gasteiger partial charge in [0.1, 0.15) is 33.5 Å². The molecule has 85 heavy (non-hydrogen) atoms. The predicted octanol–water partition coefficient (Wildman–Crippen LogP) is 22.5. The maximum Gasteiger partial charge on any atom is 0.137 e. The first-order chi connectivity index (χ1) is 42.1. The van der Waals surface area contributed by atoms with Gasteiger partial charge >= 0.3 is 0 Å². The molecular formula is C80H56N2O3. The van der Waals surface area contributed by atoms with Crippen molar-refractivity contribution in [3.05, 3.63) is 266 Å². The van der Waals surface area contributed by atoms with Crippen LogP contribution in [-0.2, 0) is 5.41 Å². The number of para-hydroxylation sites is 2. The Morgan fingerprint density at radius 3 is 1.34 bits per heavy atom. The minimum absolute atomic E-state index is 0.224. The molecule has 0 saturated heterocycles. The number of nitrogens with zero attached hydrogens (tertiary/aromatic N) is 2. The summed E-state index contributed by atoms with van der Waals surface area (Å²) >= 11 is 0. The van der Waals surface area contributed by atoms with E-state index in [0.29, 0.717) is 11.8 Å². The lowest BCUT2D eigenvalue weighted by molar-refractivity contribution is -0.0393. The van der Waals surface area contributed by atoms with Crippen LogP contribution in [0.3, 0.4) is 0 Å². The standard InChI is InChI=1S/C80H56N2O3/c1-3-15-50(16-4-1)52-19-13-21-56(42-52)81(58-29-32-64-62-24-9-11-27-71(62)83-74(64)44-58)59-31-34-67-76(45-59)85-73-36-35-68-77-66-26-8-7-23-61(66)70(47-69(77)80(79(68)78(67)73)54-38-48-37-49(40-54)41-55(80)39-48)82(57-22-14-20-53(43-57)51-17-5-2-6-18-51)60-30-33-65-63-25-10-12-28-72(63)84-75(65)46-60/h1-36,42-49,54-55H,37-41H2. The van der Waals surface area contributed by atoms with Crippen LogP contribution in [0.15, 0.2) is 268 Å². The molecule has 3 aromatic heterocycles. The van der Waals surface area contributed by atoms with E-state index in [9.17, 15) is 0 Å². The number of rotatable bonds is 8. The van der Waals surface area contributed by atoms with Crippen LogP contribution < -0.4 is 9.80 Å². The Bertz CT molecular complexity index is 5210. The van der Waals surface area contributed by atoms with E-state index in [1.807, 2.05) is 6.07 Å². The number of hydrogen-bond acceptors (Lipinski definition) is 5. The smallest absolute Gasteiger partial charge is 0.137 e. The minimum Gasteiger partial charge on any atom is -0.456 e. The number of fused-ring (bicyclic) bond motifs is 15. The molecule has 5 aliphatic carbocycles. The first kappa shape index (κ1) is 47.4. The molecule has 5 nitrogen and oxygen atoms in total. The lowest BCUT2D eigenvalue weighted by atomic mass is 9.43. The second kappa shape index (κ2) is 18.0. The van der Waals surface area contributed by atoms with Gasteiger partial charge in [-0.05, 0) is 191 Å². The SMILES string of the molecule is c1ccc(-c2cccc(N(c3ccc4c(c3)oc3ccccc34)c3ccc4c(c3)oc3ccc5c(c34)C3(c4cc(N(c6cccc(-c7ccccc7)c6)c6ccc7c(c6)oc6ccccc67)c6ccccc6c4-5)C4CC5CC(C4)CC3C5)c2)cc1. The maximum absolute atomic E-state index is 7.34. The number of anilines is 6. The van der Waals surface area contributed by atoms with E-state index in [4.69, 9.17) is 13.3 Å². The van der Waals surface area contributed by atoms with Crippen LogP contribution in [0.2, 0.25) is 0 Å². The molecule has 0 unspecified atom stereocenters. The van der Waals surface area contributed by atoms with Gasteiger partial charge in [-0.2, -0.15) is 0 Å². The van der Waals surface area contributed by atoms with Gasteiger partial charge in [0.05, 0.1) is 5.69 Å². The lowest BCUT2D eigenvalue weighted by Gasteiger charge is -2.61. The minimum atomic E-state index is -0.224. The van der Waals surface area contributed by atoms with Gasteiger partial charge in [-0.3, -0.25) is 0 Å². The van der Waals surface area contributed by atoms with Crippen LogP contribution in [0.4, 0.5) is 34.1 Å². The second-order valence-corrected chi connectivity index (χ2v) is 24.7. The Hall–Kier alpha value is -10.1. The molecule has 20 rings (SSSR count). The van der Waals surface area contributed by atoms with Gasteiger partial charge in [0, 0.05) is 89.8 Å². The summed E-state index contributed by atoms with van der Waals surface area (Å²) < 4.78 is 20.6. The normalized spacial score (nSPS) is 19.3. The molecular weight excluding hydrogens is 1040 g/mol. The average molecular weight is 1090 g/mol. The van der Waals surface area contributed by atoms with E-state index in [1.165, 1.54) is 98.3 Å². The fraction of sp³-hybridized carbons (Fsp3) is 0.125. The molecule has 12 aromatic carbocycles. The first-order valence-corrected chi connectivity index (χ1v) is 30.4. The van der Waals surface area contributed by atoms with Gasteiger partial charge in [0.2, 0.25) is 0 Å². The summed E-state index contributed by atoms with van der Waals surface area (Å²) in [6, 6.07) is 93.4. The summed E-state index contributed by atoms with van der Waals surface area (Å²) in [6.45, 7) is 0. The Labute approximate surface area is 491 Å². The molecule has 5 aliphatic rings. The van der Waals surface area contributed by atoms with Crippen molar-refractivity contribution in [3.63, 3.8) is 0 Å². The van der Waals surface area contributed by atoms with E-state index < -0.39 is 0 Å². The Balaban J connectivity index is 0.835. The van der Waals surface area contributed by atoms with E-state index in [-0.39, 0.29) is 5.41 Å². The number of benzene rings is 12. The van der Waals surface area contributed by atoms with Crippen molar-refractivity contribution >= 4 is 111 Å². The average Bonchev–Trinajstić information content (AvgIpc) is 1.56. The summed E-state index contributed by atoms with van der Waals surface area (Å²) in [7, 11) is 0. The molecule has 4 saturated carbocycles. The van der Waals surface area contributed by atoms with E-state index >= 15 is 0 Å². The molecule has 0 radical (unpaired) electrons. The Morgan fingerprint density at radius 2 is 0.753 bits per heavy atom. The van der Waals surface area contributed by atoms with Gasteiger partial charge in [-0.1, -0.05) is 152 Å². The van der Waals surface area contributed by atoms with Crippen molar-refractivity contribution in [2.24, 2.45) is 23.7 Å². The molecule has 3 heterocycles. The van der Waals surface area contributed by atoms with Crippen molar-refractivity contribution < 1.29 is 13.3 Å². The van der Waals surface area contributed by atoms with Crippen molar-refractivity contribution in [2.75, 3.05) is 9.80 Å². The van der Waals surface area contributed by atoms with Gasteiger partial charge in [0.15, 0.2) is 0 Å². The largest absolute Gasteiger partial charge is 0.456 e. The fourth-order valence-electron chi connectivity index (χ4n) is 17.2. The molecule has 4 bridgehead atoms. The third kappa shape index (κ3) is 6.92. The molecule has 1 spiro atoms. The Morgan fingerprint density at radius 1 is 0.306 bits per heavy atom. The molecule has 4 fully saturated rings. The molecule has 5 heteroatoms. The summed E-state index contributed by atoms with van der Waals surface area (Å²) in [5, 5.41) is 9.44. The quantitative estimate of drug-likeness (QED) is 0.152. The highest BCUT2D eigenvalue weighted by molar-refractivity contribution is 6.17. The van der Waals surface area contributed by atoms with E-state index in [0.717, 1.165) is 101 Å². The molecule has 15 aromatic rings. The third-order valence-corrected chi connectivity index (χ3v) is 20.4. The van der Waals surface area contributed by atoms with Crippen LogP contribution in [0.25, 0.3) is 110 Å². The molecule has 0 atom stereocenters. The Kier molecular flexibility index (Phi) is 10.0. The van der Waals surface area contributed by atoms with Crippen LogP contribution >= 0.6 is 0 Å². The second-order valence-electron chi connectivity index (χ2n) is 24.7. The highest BCUT2D eigenvalue weighted by atomic mass is 16.3. The summed E-state index contributed by atoms with van der Waals surface area (Å²) in [6.07, 6.45) is 6.38. The van der Waals surface area contributed by atoms with Crippen LogP contribution in [0.1, 0.15) is 43.2 Å². The zero-order valence-electron chi connectivity index (χ0n) is 46.7. The van der Waals surface area contributed by atoms with Crippen LogP contribution in [0.5, 0.6) is 0 Å². The van der Waals surface area contributed by atoms with Gasteiger partial charge in [-0.15, -0.1) is 0 Å². The monoisotopic (exact) mass is 1090 g/mol. The summed E-state index contributed by atoms with van der Waals surface area (Å²) in [4.78, 5) is 4.90. The highest BCUT2D eigenvalue weighted by Gasteiger charge is 2.62. The highest BCUT2D eigenvalue weighted by Crippen LogP contribution is 2.72. The predicted molar refractivity (Wildman–Crippen MR) is 349 cm³/mol. The van der Waals surface area contributed by atoms with Gasteiger partial charge in [0.25, 0.3) is 0 Å². The van der Waals surface area contributed by atoms with Crippen molar-refractivity contribution in [1.82, 2.24) is 0 Å². The van der Waals surface area contributed by atoms with Crippen LogP contribution in [0, 0.1) is 23.7 Å². The number of hydrogen-bond donors (Lipinski definition) is 0. The molecule has 0 amide bonds. The molecule has 0 N–H and O–H groups in total. The van der Waals surface area contributed by atoms with E-state index in [2.05, 4.69) is 259 Å². The molecule has 0 aliphatic heterocycles. The van der Waals surface area contributed by atoms with Crippen molar-refractivity contribution in [2.45, 2.75) is 37.5 Å². The zero-order valence-corrected chi connectivity index (χ0v) is 46.7. The summed E-state index contributed by atoms with van der Waals surface area (Å²) in [5.41, 5.74) is 22.0. The third-order valence-electron chi connectivity index (χ3n) is 20.4. The van der Waals surface area contributed by atoms with Gasteiger partial charge in [-0.25, -0.2) is 0 Å². The first-order valence-electron chi connectivity index (χ1n) is 30.4. The molecule has 404 valence electrons. The van der Waals surface area contributed by atoms with Crippen molar-refractivity contribution in [1.29, 1.82) is 0 Å². The van der Waals surface area contributed by atoms with Crippen molar-refractivity contribution in [3.8, 4) is 33.4 Å².